The number of primary amides is 1. The lowest BCUT2D eigenvalue weighted by molar-refractivity contribution is -0.870. The van der Waals surface area contributed by atoms with E-state index in [9.17, 15) is 4.79 Å². The zero-order chi connectivity index (χ0) is 10.2. The van der Waals surface area contributed by atoms with Crippen molar-refractivity contribution in [3.05, 3.63) is 12.7 Å². The summed E-state index contributed by atoms with van der Waals surface area (Å²) in [5.41, 5.74) is 4.53. The Morgan fingerprint density at radius 1 is 1.46 bits per heavy atom. The fourth-order valence-electron chi connectivity index (χ4n) is 0.671. The van der Waals surface area contributed by atoms with Crippen LogP contribution in [0.1, 0.15) is 13.3 Å². The van der Waals surface area contributed by atoms with E-state index >= 15 is 0 Å². The minimum atomic E-state index is -0.481. The van der Waals surface area contributed by atoms with Gasteiger partial charge in [0.25, 0.3) is 0 Å². The SMILES string of the molecule is C=CC(N)=O.CCC[N+](C)(C)C.[Br-]. The van der Waals surface area contributed by atoms with E-state index in [1.54, 1.807) is 0 Å². The van der Waals surface area contributed by atoms with E-state index in [0.29, 0.717) is 0 Å². The number of rotatable bonds is 3. The number of halogens is 1. The van der Waals surface area contributed by atoms with Crippen LogP contribution in [0.5, 0.6) is 0 Å². The third kappa shape index (κ3) is 34.0. The molecule has 0 saturated carbocycles. The van der Waals surface area contributed by atoms with E-state index in [4.69, 9.17) is 0 Å². The number of quaternary nitrogens is 1. The molecule has 4 heteroatoms. The highest BCUT2D eigenvalue weighted by Gasteiger charge is 2.01. The zero-order valence-corrected chi connectivity index (χ0v) is 10.6. The molecule has 0 aromatic rings. The molecule has 13 heavy (non-hydrogen) atoms. The molecule has 0 aliphatic carbocycles. The molecule has 0 unspecified atom stereocenters. The molecule has 0 aromatic carbocycles. The Kier molecular flexibility index (Phi) is 13.8. The first-order valence-electron chi connectivity index (χ1n) is 4.05. The fourth-order valence-corrected chi connectivity index (χ4v) is 0.671. The van der Waals surface area contributed by atoms with Crippen molar-refractivity contribution in [2.75, 3.05) is 27.7 Å². The maximum absolute atomic E-state index is 9.47. The smallest absolute Gasteiger partial charge is 0.240 e. The van der Waals surface area contributed by atoms with Gasteiger partial charge < -0.3 is 27.2 Å². The largest absolute Gasteiger partial charge is 1.00 e. The van der Waals surface area contributed by atoms with Crippen molar-refractivity contribution >= 4 is 5.91 Å². The molecule has 0 radical (unpaired) electrons. The maximum atomic E-state index is 9.47. The van der Waals surface area contributed by atoms with E-state index in [2.05, 4.69) is 40.4 Å². The average molecular weight is 253 g/mol. The molecule has 0 aliphatic heterocycles. The number of nitrogens with zero attached hydrogens (tertiary/aromatic N) is 1. The predicted molar refractivity (Wildman–Crippen MR) is 52.6 cm³/mol. The summed E-state index contributed by atoms with van der Waals surface area (Å²) >= 11 is 0. The van der Waals surface area contributed by atoms with Crippen LogP contribution >= 0.6 is 0 Å². The van der Waals surface area contributed by atoms with Gasteiger partial charge in [0.2, 0.25) is 5.91 Å². The molecular weight excluding hydrogens is 232 g/mol. The molecule has 0 aliphatic rings. The molecule has 0 saturated heterocycles. The van der Waals surface area contributed by atoms with Gasteiger partial charge in [-0.2, -0.15) is 0 Å². The van der Waals surface area contributed by atoms with Crippen LogP contribution < -0.4 is 22.7 Å². The zero-order valence-electron chi connectivity index (χ0n) is 9.01. The van der Waals surface area contributed by atoms with E-state index in [-0.39, 0.29) is 17.0 Å². The van der Waals surface area contributed by atoms with Crippen LogP contribution in [-0.4, -0.2) is 38.1 Å². The molecule has 0 fully saturated rings. The van der Waals surface area contributed by atoms with E-state index in [1.807, 2.05) is 0 Å². The molecule has 80 valence electrons. The highest BCUT2D eigenvalue weighted by molar-refractivity contribution is 5.84. The van der Waals surface area contributed by atoms with Gasteiger partial charge in [-0.25, -0.2) is 0 Å². The summed E-state index contributed by atoms with van der Waals surface area (Å²) in [4.78, 5) is 9.47. The van der Waals surface area contributed by atoms with E-state index in [0.717, 1.165) is 10.6 Å². The molecule has 2 N–H and O–H groups in total. The summed E-state index contributed by atoms with van der Waals surface area (Å²) in [6.07, 6.45) is 2.34. The molecular formula is C9H21BrN2O. The summed E-state index contributed by atoms with van der Waals surface area (Å²) in [7, 11) is 6.64. The third-order valence-corrected chi connectivity index (χ3v) is 1.10. The number of hydrogen-bond acceptors (Lipinski definition) is 1. The molecule has 3 nitrogen and oxygen atoms in total. The van der Waals surface area contributed by atoms with Crippen molar-refractivity contribution in [3.8, 4) is 0 Å². The van der Waals surface area contributed by atoms with Crippen molar-refractivity contribution in [3.63, 3.8) is 0 Å². The molecule has 0 atom stereocenters. The van der Waals surface area contributed by atoms with Crippen molar-refractivity contribution in [1.29, 1.82) is 0 Å². The molecule has 0 spiro atoms. The van der Waals surface area contributed by atoms with Crippen LogP contribution in [0.25, 0.3) is 0 Å². The average Bonchev–Trinajstić information content (AvgIpc) is 1.86. The number of hydrogen-bond donors (Lipinski definition) is 1. The highest BCUT2D eigenvalue weighted by Crippen LogP contribution is 1.90. The summed E-state index contributed by atoms with van der Waals surface area (Å²) in [5.74, 6) is -0.481. The standard InChI is InChI=1S/C6H16N.C3H5NO.BrH/c1-5-6-7(2,3)4;1-2-3(4)5;/h5-6H2,1-4H3;2H,1H2,(H2,4,5);1H/q+1;;/p-1. The van der Waals surface area contributed by atoms with E-state index < -0.39 is 5.91 Å². The van der Waals surface area contributed by atoms with Gasteiger partial charge in [0.05, 0.1) is 27.7 Å². The fraction of sp³-hybridized carbons (Fsp3) is 0.667. The van der Waals surface area contributed by atoms with Crippen LogP contribution in [0.2, 0.25) is 0 Å². The van der Waals surface area contributed by atoms with Crippen molar-refractivity contribution in [1.82, 2.24) is 0 Å². The quantitative estimate of drug-likeness (QED) is 0.449. The Hall–Kier alpha value is -0.350. The summed E-state index contributed by atoms with van der Waals surface area (Å²) < 4.78 is 1.09. The molecule has 0 aromatic heterocycles. The topological polar surface area (TPSA) is 43.1 Å². The monoisotopic (exact) mass is 252 g/mol. The first-order valence-corrected chi connectivity index (χ1v) is 4.05. The van der Waals surface area contributed by atoms with Crippen LogP contribution in [0, 0.1) is 0 Å². The van der Waals surface area contributed by atoms with Gasteiger partial charge in [-0.1, -0.05) is 13.5 Å². The lowest BCUT2D eigenvalue weighted by Crippen LogP contribution is -3.00. The van der Waals surface area contributed by atoms with Crippen molar-refractivity contribution < 1.29 is 26.3 Å². The van der Waals surface area contributed by atoms with Gasteiger partial charge >= 0.3 is 0 Å². The van der Waals surface area contributed by atoms with Gasteiger partial charge in [-0.3, -0.25) is 4.79 Å². The van der Waals surface area contributed by atoms with Crippen molar-refractivity contribution in [2.24, 2.45) is 5.73 Å². The Morgan fingerprint density at radius 2 is 1.77 bits per heavy atom. The molecule has 0 rings (SSSR count). The molecule has 1 amide bonds. The van der Waals surface area contributed by atoms with E-state index in [1.165, 1.54) is 13.0 Å². The Morgan fingerprint density at radius 3 is 1.77 bits per heavy atom. The van der Waals surface area contributed by atoms with Crippen molar-refractivity contribution in [2.45, 2.75) is 13.3 Å². The first kappa shape index (κ1) is 18.4. The third-order valence-electron chi connectivity index (χ3n) is 1.10. The minimum absolute atomic E-state index is 0. The number of carbonyl (C=O) groups excluding carboxylic acids is 1. The van der Waals surface area contributed by atoms with Gasteiger partial charge in [0.15, 0.2) is 0 Å². The van der Waals surface area contributed by atoms with Crippen LogP contribution in [0.3, 0.4) is 0 Å². The lowest BCUT2D eigenvalue weighted by atomic mass is 10.4. The van der Waals surface area contributed by atoms with Crippen LogP contribution in [0.15, 0.2) is 12.7 Å². The van der Waals surface area contributed by atoms with Gasteiger partial charge in [-0.05, 0) is 12.5 Å². The Bertz CT molecular complexity index is 141. The number of amides is 1. The number of nitrogens with two attached hydrogens (primary N) is 1. The maximum Gasteiger partial charge on any atom is 0.240 e. The van der Waals surface area contributed by atoms with Crippen LogP contribution in [-0.2, 0) is 4.79 Å². The second kappa shape index (κ2) is 9.74. The lowest BCUT2D eigenvalue weighted by Gasteiger charge is -2.22. The van der Waals surface area contributed by atoms with Gasteiger partial charge in [0.1, 0.15) is 0 Å². The van der Waals surface area contributed by atoms with Gasteiger partial charge in [-0.15, -0.1) is 0 Å². The second-order valence-corrected chi connectivity index (χ2v) is 3.62. The predicted octanol–water partition coefficient (Wildman–Crippen LogP) is -2.24. The summed E-state index contributed by atoms with van der Waals surface area (Å²) in [6.45, 7) is 6.58. The Balaban J connectivity index is -0.000000150. The van der Waals surface area contributed by atoms with Crippen LogP contribution in [0.4, 0.5) is 0 Å². The highest BCUT2D eigenvalue weighted by atomic mass is 79.9. The number of carbonyl (C=O) groups is 1. The normalized spacial score (nSPS) is 8.92. The Labute approximate surface area is 92.0 Å². The summed E-state index contributed by atoms with van der Waals surface area (Å²) in [6, 6.07) is 0. The summed E-state index contributed by atoms with van der Waals surface area (Å²) in [5, 5.41) is 0. The first-order chi connectivity index (χ1) is 5.33. The molecule has 0 bridgehead atoms. The second-order valence-electron chi connectivity index (χ2n) is 3.62. The van der Waals surface area contributed by atoms with Gasteiger partial charge in [0, 0.05) is 0 Å². The molecule has 0 heterocycles. The minimum Gasteiger partial charge on any atom is -1.00 e.